The largest absolute Gasteiger partial charge is 0.492 e. The van der Waals surface area contributed by atoms with E-state index in [1.807, 2.05) is 47.2 Å². The standard InChI is InChI=1S/C22H21N3O2S/c1-3-27-20-7-5-4-6-18(20)23-21(26)12-17-14-28-22-24-19(13-25(17)22)16-10-8-15(2)9-11-16/h4-11,13-14H,3,12H2,1-2H3,(H,23,26). The highest BCUT2D eigenvalue weighted by Gasteiger charge is 2.14. The number of aryl methyl sites for hydroxylation is 1. The lowest BCUT2D eigenvalue weighted by molar-refractivity contribution is -0.115. The molecule has 142 valence electrons. The molecule has 0 bridgehead atoms. The summed E-state index contributed by atoms with van der Waals surface area (Å²) in [5.74, 6) is 0.593. The molecular weight excluding hydrogens is 370 g/mol. The number of nitrogens with zero attached hydrogens (tertiary/aromatic N) is 2. The molecule has 2 aromatic carbocycles. The molecule has 4 rings (SSSR count). The quantitative estimate of drug-likeness (QED) is 0.506. The maximum atomic E-state index is 12.6. The van der Waals surface area contributed by atoms with E-state index in [1.165, 1.54) is 16.9 Å². The number of ether oxygens (including phenoxy) is 1. The minimum Gasteiger partial charge on any atom is -0.492 e. The number of anilines is 1. The van der Waals surface area contributed by atoms with Crippen molar-refractivity contribution in [2.24, 2.45) is 0 Å². The first kappa shape index (κ1) is 18.3. The zero-order valence-electron chi connectivity index (χ0n) is 15.8. The van der Waals surface area contributed by atoms with Gasteiger partial charge in [-0.3, -0.25) is 9.20 Å². The van der Waals surface area contributed by atoms with Gasteiger partial charge in [-0.25, -0.2) is 4.98 Å². The average Bonchev–Trinajstić information content (AvgIpc) is 3.26. The van der Waals surface area contributed by atoms with Crippen LogP contribution in [0.1, 0.15) is 18.2 Å². The molecule has 2 aromatic heterocycles. The summed E-state index contributed by atoms with van der Waals surface area (Å²) in [6, 6.07) is 15.8. The molecule has 0 aliphatic carbocycles. The minimum atomic E-state index is -0.0857. The molecule has 1 amide bonds. The molecule has 0 atom stereocenters. The van der Waals surface area contributed by atoms with Gasteiger partial charge in [0.2, 0.25) is 5.91 Å². The second kappa shape index (κ2) is 7.86. The average molecular weight is 391 g/mol. The number of benzene rings is 2. The summed E-state index contributed by atoms with van der Waals surface area (Å²) >= 11 is 1.54. The molecule has 0 fully saturated rings. The summed E-state index contributed by atoms with van der Waals surface area (Å²) in [5.41, 5.74) is 4.80. The van der Waals surface area contributed by atoms with Crippen LogP contribution in [0.4, 0.5) is 5.69 Å². The van der Waals surface area contributed by atoms with Gasteiger partial charge < -0.3 is 10.1 Å². The third kappa shape index (κ3) is 3.77. The molecule has 0 spiro atoms. The Morgan fingerprint density at radius 3 is 2.75 bits per heavy atom. The number of thiazole rings is 1. The smallest absolute Gasteiger partial charge is 0.230 e. The number of aromatic nitrogens is 2. The Balaban J connectivity index is 1.53. The first-order valence-corrected chi connectivity index (χ1v) is 10.1. The van der Waals surface area contributed by atoms with Crippen molar-refractivity contribution < 1.29 is 9.53 Å². The first-order valence-electron chi connectivity index (χ1n) is 9.18. The number of fused-ring (bicyclic) bond motifs is 1. The number of carbonyl (C=O) groups is 1. The summed E-state index contributed by atoms with van der Waals surface area (Å²) in [6.45, 7) is 4.54. The van der Waals surface area contributed by atoms with E-state index >= 15 is 0 Å². The Morgan fingerprint density at radius 1 is 1.18 bits per heavy atom. The lowest BCUT2D eigenvalue weighted by Crippen LogP contribution is -2.16. The second-order valence-corrected chi connectivity index (χ2v) is 7.36. The molecule has 0 unspecified atom stereocenters. The summed E-state index contributed by atoms with van der Waals surface area (Å²) in [4.78, 5) is 18.2. The van der Waals surface area contributed by atoms with Crippen molar-refractivity contribution in [3.63, 3.8) is 0 Å². The highest BCUT2D eigenvalue weighted by Crippen LogP contribution is 2.26. The Labute approximate surface area is 167 Å². The van der Waals surface area contributed by atoms with Crippen molar-refractivity contribution in [2.75, 3.05) is 11.9 Å². The van der Waals surface area contributed by atoms with Crippen LogP contribution in [-0.2, 0) is 11.2 Å². The zero-order valence-corrected chi connectivity index (χ0v) is 16.6. The van der Waals surface area contributed by atoms with Crippen molar-refractivity contribution in [1.82, 2.24) is 9.38 Å². The van der Waals surface area contributed by atoms with E-state index in [1.54, 1.807) is 0 Å². The van der Waals surface area contributed by atoms with Gasteiger partial charge in [0, 0.05) is 22.8 Å². The number of amides is 1. The predicted molar refractivity (Wildman–Crippen MR) is 113 cm³/mol. The minimum absolute atomic E-state index is 0.0857. The maximum Gasteiger partial charge on any atom is 0.230 e. The van der Waals surface area contributed by atoms with Gasteiger partial charge in [0.25, 0.3) is 0 Å². The first-order chi connectivity index (χ1) is 13.6. The molecule has 0 saturated heterocycles. The van der Waals surface area contributed by atoms with E-state index in [4.69, 9.17) is 9.72 Å². The zero-order chi connectivity index (χ0) is 19.5. The van der Waals surface area contributed by atoms with E-state index in [0.717, 1.165) is 21.9 Å². The van der Waals surface area contributed by atoms with Crippen LogP contribution in [0.3, 0.4) is 0 Å². The van der Waals surface area contributed by atoms with E-state index in [9.17, 15) is 4.79 Å². The summed E-state index contributed by atoms with van der Waals surface area (Å²) < 4.78 is 7.57. The van der Waals surface area contributed by atoms with Crippen LogP contribution in [0.25, 0.3) is 16.2 Å². The van der Waals surface area contributed by atoms with Crippen LogP contribution in [-0.4, -0.2) is 21.9 Å². The van der Waals surface area contributed by atoms with E-state index in [2.05, 4.69) is 36.5 Å². The van der Waals surface area contributed by atoms with Gasteiger partial charge in [0.05, 0.1) is 24.4 Å². The number of nitrogens with one attached hydrogen (secondary N) is 1. The normalized spacial score (nSPS) is 10.9. The number of imidazole rings is 1. The summed E-state index contributed by atoms with van der Waals surface area (Å²) in [6.07, 6.45) is 2.26. The maximum absolute atomic E-state index is 12.6. The Hall–Kier alpha value is -3.12. The van der Waals surface area contributed by atoms with E-state index in [0.29, 0.717) is 18.0 Å². The van der Waals surface area contributed by atoms with Gasteiger partial charge >= 0.3 is 0 Å². The highest BCUT2D eigenvalue weighted by molar-refractivity contribution is 7.15. The van der Waals surface area contributed by atoms with Gasteiger partial charge in [0.1, 0.15) is 5.75 Å². The molecule has 28 heavy (non-hydrogen) atoms. The Morgan fingerprint density at radius 2 is 1.96 bits per heavy atom. The van der Waals surface area contributed by atoms with Crippen LogP contribution >= 0.6 is 11.3 Å². The molecule has 5 nitrogen and oxygen atoms in total. The van der Waals surface area contributed by atoms with Gasteiger partial charge in [-0.1, -0.05) is 42.0 Å². The van der Waals surface area contributed by atoms with Crippen LogP contribution in [0.2, 0.25) is 0 Å². The van der Waals surface area contributed by atoms with Gasteiger partial charge in [-0.2, -0.15) is 0 Å². The monoisotopic (exact) mass is 391 g/mol. The second-order valence-electron chi connectivity index (χ2n) is 6.53. The topological polar surface area (TPSA) is 55.6 Å². The molecule has 0 radical (unpaired) electrons. The summed E-state index contributed by atoms with van der Waals surface area (Å²) in [7, 11) is 0. The molecule has 4 aromatic rings. The molecule has 2 heterocycles. The number of hydrogen-bond acceptors (Lipinski definition) is 4. The summed E-state index contributed by atoms with van der Waals surface area (Å²) in [5, 5.41) is 4.93. The van der Waals surface area contributed by atoms with Gasteiger partial charge in [-0.15, -0.1) is 11.3 Å². The molecular formula is C22H21N3O2S. The van der Waals surface area contributed by atoms with Crippen molar-refractivity contribution in [2.45, 2.75) is 20.3 Å². The predicted octanol–water partition coefficient (Wildman–Crippen LogP) is 4.95. The number of hydrogen-bond donors (Lipinski definition) is 1. The van der Waals surface area contributed by atoms with Crippen LogP contribution < -0.4 is 10.1 Å². The molecule has 0 saturated carbocycles. The SMILES string of the molecule is CCOc1ccccc1NC(=O)Cc1csc2nc(-c3ccc(C)cc3)cn12. The molecule has 0 aliphatic rings. The molecule has 0 aliphatic heterocycles. The van der Waals surface area contributed by atoms with Crippen molar-refractivity contribution in [3.05, 3.63) is 71.4 Å². The van der Waals surface area contributed by atoms with E-state index < -0.39 is 0 Å². The van der Waals surface area contributed by atoms with Crippen molar-refractivity contribution >= 4 is 27.9 Å². The third-order valence-corrected chi connectivity index (χ3v) is 5.32. The van der Waals surface area contributed by atoms with E-state index in [-0.39, 0.29) is 12.3 Å². The molecule has 1 N–H and O–H groups in total. The third-order valence-electron chi connectivity index (χ3n) is 4.43. The Kier molecular flexibility index (Phi) is 5.12. The van der Waals surface area contributed by atoms with Gasteiger partial charge in [0.15, 0.2) is 4.96 Å². The fraction of sp³-hybridized carbons (Fsp3) is 0.182. The fourth-order valence-electron chi connectivity index (χ4n) is 3.03. The number of para-hydroxylation sites is 2. The van der Waals surface area contributed by atoms with Gasteiger partial charge in [-0.05, 0) is 26.0 Å². The van der Waals surface area contributed by atoms with Crippen molar-refractivity contribution in [3.8, 4) is 17.0 Å². The number of carbonyl (C=O) groups excluding carboxylic acids is 1. The van der Waals surface area contributed by atoms with Crippen LogP contribution in [0.5, 0.6) is 5.75 Å². The lowest BCUT2D eigenvalue weighted by Gasteiger charge is -2.11. The van der Waals surface area contributed by atoms with Crippen molar-refractivity contribution in [1.29, 1.82) is 0 Å². The number of rotatable bonds is 6. The van der Waals surface area contributed by atoms with Crippen LogP contribution in [0.15, 0.2) is 60.1 Å². The Bertz CT molecular complexity index is 1110. The highest BCUT2D eigenvalue weighted by atomic mass is 32.1. The lowest BCUT2D eigenvalue weighted by atomic mass is 10.1. The van der Waals surface area contributed by atoms with Crippen LogP contribution in [0, 0.1) is 6.92 Å². The fourth-order valence-corrected chi connectivity index (χ4v) is 3.90. The molecule has 6 heteroatoms.